The Bertz CT molecular complexity index is 627. The maximum absolute atomic E-state index is 12.5. The molecule has 1 saturated heterocycles. The van der Waals surface area contributed by atoms with Crippen LogP contribution in [0, 0.1) is 0 Å². The van der Waals surface area contributed by atoms with Gasteiger partial charge in [-0.3, -0.25) is 4.79 Å². The lowest BCUT2D eigenvalue weighted by Gasteiger charge is -2.22. The molecule has 1 amide bonds. The van der Waals surface area contributed by atoms with Crippen LogP contribution in [0.5, 0.6) is 0 Å². The molecule has 0 radical (unpaired) electrons. The summed E-state index contributed by atoms with van der Waals surface area (Å²) in [5.74, 6) is 0.224. The van der Waals surface area contributed by atoms with Crippen molar-refractivity contribution in [3.05, 3.63) is 71.8 Å². The van der Waals surface area contributed by atoms with Crippen LogP contribution in [0.3, 0.4) is 0 Å². The summed E-state index contributed by atoms with van der Waals surface area (Å²) < 4.78 is 5.54. The first-order chi connectivity index (χ1) is 11.8. The third-order valence-corrected chi connectivity index (χ3v) is 4.56. The molecule has 1 atom stereocenters. The minimum Gasteiger partial charge on any atom is -0.359 e. The summed E-state index contributed by atoms with van der Waals surface area (Å²) in [5.41, 5.74) is 2.60. The second kappa shape index (κ2) is 8.65. The number of aryl methyl sites for hydroxylation is 1. The number of hydrogen-bond acceptors (Lipinski definition) is 2. The van der Waals surface area contributed by atoms with E-state index >= 15 is 0 Å². The van der Waals surface area contributed by atoms with Crippen LogP contribution in [0.25, 0.3) is 0 Å². The first kappa shape index (κ1) is 16.7. The van der Waals surface area contributed by atoms with Gasteiger partial charge in [-0.1, -0.05) is 60.7 Å². The van der Waals surface area contributed by atoms with Crippen molar-refractivity contribution in [1.29, 1.82) is 0 Å². The summed E-state index contributed by atoms with van der Waals surface area (Å²) in [6.07, 6.45) is 4.51. The third kappa shape index (κ3) is 4.68. The number of ether oxygens (including phenoxy) is 1. The molecule has 0 aromatic heterocycles. The molecular weight excluding hydrogens is 298 g/mol. The second-order valence-electron chi connectivity index (χ2n) is 6.40. The predicted molar refractivity (Wildman–Crippen MR) is 95.6 cm³/mol. The third-order valence-electron chi connectivity index (χ3n) is 4.56. The van der Waals surface area contributed by atoms with Crippen LogP contribution in [0.4, 0.5) is 0 Å². The summed E-state index contributed by atoms with van der Waals surface area (Å²) in [5, 5.41) is 0. The molecular formula is C21H25NO2. The van der Waals surface area contributed by atoms with E-state index in [-0.39, 0.29) is 11.9 Å². The van der Waals surface area contributed by atoms with E-state index in [0.29, 0.717) is 19.8 Å². The summed E-state index contributed by atoms with van der Waals surface area (Å²) >= 11 is 0. The highest BCUT2D eigenvalue weighted by Crippen LogP contribution is 2.17. The van der Waals surface area contributed by atoms with Crippen LogP contribution in [0.1, 0.15) is 30.4 Å². The zero-order valence-corrected chi connectivity index (χ0v) is 14.1. The van der Waals surface area contributed by atoms with Gasteiger partial charge in [0.1, 0.15) is 6.73 Å². The Hall–Kier alpha value is -2.13. The Labute approximate surface area is 144 Å². The van der Waals surface area contributed by atoms with Gasteiger partial charge in [-0.25, -0.2) is 0 Å². The van der Waals surface area contributed by atoms with Crippen molar-refractivity contribution < 1.29 is 9.53 Å². The fourth-order valence-corrected chi connectivity index (χ4v) is 3.21. The quantitative estimate of drug-likeness (QED) is 0.725. The molecule has 0 aliphatic carbocycles. The minimum absolute atomic E-state index is 0.175. The van der Waals surface area contributed by atoms with Crippen molar-refractivity contribution in [2.45, 2.75) is 38.1 Å². The van der Waals surface area contributed by atoms with E-state index in [1.54, 1.807) is 0 Å². The number of amides is 1. The molecule has 126 valence electrons. The number of carbonyl (C=O) groups excluding carboxylic acids is 1. The highest BCUT2D eigenvalue weighted by Gasteiger charge is 2.28. The molecule has 1 fully saturated rings. The normalized spacial score (nSPS) is 17.2. The van der Waals surface area contributed by atoms with Crippen molar-refractivity contribution in [2.75, 3.05) is 13.3 Å². The zero-order valence-electron chi connectivity index (χ0n) is 14.1. The molecule has 0 saturated carbocycles. The van der Waals surface area contributed by atoms with Crippen LogP contribution in [0.2, 0.25) is 0 Å². The lowest BCUT2D eigenvalue weighted by atomic mass is 10.0. The summed E-state index contributed by atoms with van der Waals surface area (Å²) in [7, 11) is 0. The zero-order chi connectivity index (χ0) is 16.6. The van der Waals surface area contributed by atoms with Crippen molar-refractivity contribution in [3.8, 4) is 0 Å². The van der Waals surface area contributed by atoms with Crippen molar-refractivity contribution in [1.82, 2.24) is 4.90 Å². The van der Waals surface area contributed by atoms with Crippen molar-refractivity contribution in [2.24, 2.45) is 0 Å². The summed E-state index contributed by atoms with van der Waals surface area (Å²) in [6, 6.07) is 21.0. The molecule has 3 heteroatoms. The molecule has 3 rings (SSSR count). The average molecular weight is 323 g/mol. The Morgan fingerprint density at radius 3 is 2.33 bits per heavy atom. The standard InChI is InChI=1S/C21H25NO2/c23-21(14-8-7-11-18-9-3-1-4-10-18)22-17-24-16-20(22)15-19-12-5-2-6-13-19/h1-6,9-10,12-13,20H,7-8,11,14-17H2. The van der Waals surface area contributed by atoms with Gasteiger partial charge in [0.25, 0.3) is 0 Å². The lowest BCUT2D eigenvalue weighted by molar-refractivity contribution is -0.133. The SMILES string of the molecule is O=C(CCCCc1ccccc1)N1COCC1Cc1ccccc1. The average Bonchev–Trinajstić information content (AvgIpc) is 3.08. The highest BCUT2D eigenvalue weighted by atomic mass is 16.5. The van der Waals surface area contributed by atoms with Gasteiger partial charge in [0, 0.05) is 6.42 Å². The molecule has 0 spiro atoms. The predicted octanol–water partition coefficient (Wildman–Crippen LogP) is 3.83. The fourth-order valence-electron chi connectivity index (χ4n) is 3.21. The summed E-state index contributed by atoms with van der Waals surface area (Å²) in [4.78, 5) is 14.4. The fraction of sp³-hybridized carbons (Fsp3) is 0.381. The molecule has 1 heterocycles. The number of benzene rings is 2. The van der Waals surface area contributed by atoms with Crippen LogP contribution >= 0.6 is 0 Å². The molecule has 24 heavy (non-hydrogen) atoms. The molecule has 0 bridgehead atoms. The Balaban J connectivity index is 1.43. The molecule has 2 aromatic rings. The summed E-state index contributed by atoms with van der Waals surface area (Å²) in [6.45, 7) is 1.08. The van der Waals surface area contributed by atoms with E-state index in [9.17, 15) is 4.79 Å². The van der Waals surface area contributed by atoms with E-state index in [1.165, 1.54) is 11.1 Å². The monoisotopic (exact) mass is 323 g/mol. The van der Waals surface area contributed by atoms with Crippen LogP contribution < -0.4 is 0 Å². The number of nitrogens with zero attached hydrogens (tertiary/aromatic N) is 1. The lowest BCUT2D eigenvalue weighted by Crippen LogP contribution is -2.37. The van der Waals surface area contributed by atoms with E-state index in [0.717, 1.165) is 25.7 Å². The minimum atomic E-state index is 0.175. The second-order valence-corrected chi connectivity index (χ2v) is 6.40. The van der Waals surface area contributed by atoms with E-state index in [1.807, 2.05) is 29.2 Å². The molecule has 3 nitrogen and oxygen atoms in total. The van der Waals surface area contributed by atoms with Gasteiger partial charge in [-0.15, -0.1) is 0 Å². The van der Waals surface area contributed by atoms with E-state index in [2.05, 4.69) is 36.4 Å². The van der Waals surface area contributed by atoms with Crippen molar-refractivity contribution in [3.63, 3.8) is 0 Å². The largest absolute Gasteiger partial charge is 0.359 e. The number of hydrogen-bond donors (Lipinski definition) is 0. The Kier molecular flexibility index (Phi) is 6.02. The maximum Gasteiger partial charge on any atom is 0.224 e. The molecule has 1 aliphatic rings. The maximum atomic E-state index is 12.5. The van der Waals surface area contributed by atoms with Gasteiger partial charge >= 0.3 is 0 Å². The van der Waals surface area contributed by atoms with E-state index < -0.39 is 0 Å². The molecule has 1 unspecified atom stereocenters. The van der Waals surface area contributed by atoms with Gasteiger partial charge in [-0.05, 0) is 36.8 Å². The van der Waals surface area contributed by atoms with Gasteiger partial charge < -0.3 is 9.64 Å². The molecule has 2 aromatic carbocycles. The van der Waals surface area contributed by atoms with Gasteiger partial charge in [-0.2, -0.15) is 0 Å². The first-order valence-corrected chi connectivity index (χ1v) is 8.78. The topological polar surface area (TPSA) is 29.5 Å². The van der Waals surface area contributed by atoms with Crippen molar-refractivity contribution >= 4 is 5.91 Å². The highest BCUT2D eigenvalue weighted by molar-refractivity contribution is 5.76. The van der Waals surface area contributed by atoms with Crippen LogP contribution in [-0.2, 0) is 22.4 Å². The molecule has 0 N–H and O–H groups in total. The smallest absolute Gasteiger partial charge is 0.224 e. The number of carbonyl (C=O) groups is 1. The van der Waals surface area contributed by atoms with Gasteiger partial charge in [0.05, 0.1) is 12.6 Å². The van der Waals surface area contributed by atoms with Crippen LogP contribution in [0.15, 0.2) is 60.7 Å². The number of unbranched alkanes of at least 4 members (excludes halogenated alkanes) is 1. The Morgan fingerprint density at radius 2 is 1.62 bits per heavy atom. The van der Waals surface area contributed by atoms with Gasteiger partial charge in [0.15, 0.2) is 0 Å². The first-order valence-electron chi connectivity index (χ1n) is 8.78. The molecule has 1 aliphatic heterocycles. The van der Waals surface area contributed by atoms with E-state index in [4.69, 9.17) is 4.74 Å². The Morgan fingerprint density at radius 1 is 0.958 bits per heavy atom. The van der Waals surface area contributed by atoms with Gasteiger partial charge in [0.2, 0.25) is 5.91 Å². The number of rotatable bonds is 7. The van der Waals surface area contributed by atoms with Crippen LogP contribution in [-0.4, -0.2) is 30.2 Å².